The van der Waals surface area contributed by atoms with E-state index >= 15 is 0 Å². The van der Waals surface area contributed by atoms with E-state index in [1.54, 1.807) is 17.4 Å². The second kappa shape index (κ2) is 5.62. The summed E-state index contributed by atoms with van der Waals surface area (Å²) in [4.78, 5) is 0. The minimum Gasteiger partial charge on any atom is -0.352 e. The van der Waals surface area contributed by atoms with Gasteiger partial charge in [-0.05, 0) is 23.9 Å². The summed E-state index contributed by atoms with van der Waals surface area (Å²) in [5, 5.41) is 17.0. The summed E-state index contributed by atoms with van der Waals surface area (Å²) in [5.41, 5.74) is 3.49. The average molecular weight is 297 g/mol. The fourth-order valence-electron chi connectivity index (χ4n) is 1.56. The van der Waals surface area contributed by atoms with Gasteiger partial charge in [0.15, 0.2) is 0 Å². The molecule has 0 atom stereocenters. The van der Waals surface area contributed by atoms with Crippen LogP contribution in [0.2, 0.25) is 10.0 Å². The van der Waals surface area contributed by atoms with Crippen molar-refractivity contribution in [3.8, 4) is 6.07 Å². The number of nitriles is 1. The van der Waals surface area contributed by atoms with E-state index in [0.717, 1.165) is 16.8 Å². The van der Waals surface area contributed by atoms with Crippen LogP contribution in [0, 0.1) is 18.3 Å². The highest BCUT2D eigenvalue weighted by Gasteiger charge is 2.11. The molecule has 0 bridgehead atoms. The molecule has 0 aliphatic rings. The molecule has 1 aromatic carbocycles. The van der Waals surface area contributed by atoms with Gasteiger partial charge in [-0.1, -0.05) is 29.3 Å². The maximum Gasteiger partial charge on any atom is 0.0765 e. The van der Waals surface area contributed by atoms with E-state index in [2.05, 4.69) is 11.4 Å². The van der Waals surface area contributed by atoms with Crippen LogP contribution in [-0.2, 0) is 6.42 Å². The van der Waals surface area contributed by atoms with E-state index in [-0.39, 0.29) is 0 Å². The second-order valence-corrected chi connectivity index (χ2v) is 5.35. The van der Waals surface area contributed by atoms with Crippen molar-refractivity contribution < 1.29 is 0 Å². The van der Waals surface area contributed by atoms with Gasteiger partial charge in [0.05, 0.1) is 33.9 Å². The first-order valence-electron chi connectivity index (χ1n) is 5.27. The number of thiophene rings is 1. The van der Waals surface area contributed by atoms with Crippen LogP contribution in [-0.4, -0.2) is 0 Å². The number of nitrogens with zero attached hydrogens (tertiary/aromatic N) is 1. The Labute approximate surface area is 120 Å². The molecule has 0 aliphatic heterocycles. The smallest absolute Gasteiger partial charge is 0.0765 e. The number of nitrogens with one attached hydrogen (secondary N) is 1. The molecule has 18 heavy (non-hydrogen) atoms. The monoisotopic (exact) mass is 296 g/mol. The number of anilines is 2. The van der Waals surface area contributed by atoms with Crippen LogP contribution in [0.5, 0.6) is 0 Å². The molecule has 0 spiro atoms. The molecule has 1 heterocycles. The highest BCUT2D eigenvalue weighted by molar-refractivity contribution is 7.08. The first-order valence-corrected chi connectivity index (χ1v) is 6.97. The van der Waals surface area contributed by atoms with Gasteiger partial charge in [-0.25, -0.2) is 0 Å². The molecule has 0 radical (unpaired) electrons. The van der Waals surface area contributed by atoms with Crippen molar-refractivity contribution in [3.05, 3.63) is 44.1 Å². The Morgan fingerprint density at radius 3 is 2.83 bits per heavy atom. The second-order valence-electron chi connectivity index (χ2n) is 3.82. The van der Waals surface area contributed by atoms with Crippen molar-refractivity contribution in [2.24, 2.45) is 0 Å². The lowest BCUT2D eigenvalue weighted by molar-refractivity contribution is 1.28. The summed E-state index contributed by atoms with van der Waals surface area (Å²) < 4.78 is 0. The van der Waals surface area contributed by atoms with Crippen LogP contribution in [0.4, 0.5) is 11.4 Å². The zero-order valence-electron chi connectivity index (χ0n) is 9.63. The Balaban J connectivity index is 2.37. The van der Waals surface area contributed by atoms with Gasteiger partial charge in [0.1, 0.15) is 0 Å². The molecule has 92 valence electrons. The molecule has 0 saturated heterocycles. The molecule has 0 unspecified atom stereocenters. The van der Waals surface area contributed by atoms with Crippen molar-refractivity contribution >= 4 is 45.9 Å². The molecule has 0 aliphatic carbocycles. The van der Waals surface area contributed by atoms with Crippen molar-refractivity contribution in [2.75, 3.05) is 5.32 Å². The van der Waals surface area contributed by atoms with Crippen LogP contribution in [0.15, 0.2) is 22.9 Å². The SMILES string of the molecule is Cc1ccc(Cl)c(Nc2cscc2CC#N)c1Cl. The zero-order valence-corrected chi connectivity index (χ0v) is 12.0. The van der Waals surface area contributed by atoms with Crippen LogP contribution < -0.4 is 5.32 Å². The Morgan fingerprint density at radius 2 is 2.11 bits per heavy atom. The highest BCUT2D eigenvalue weighted by Crippen LogP contribution is 2.36. The number of hydrogen-bond donors (Lipinski definition) is 1. The largest absolute Gasteiger partial charge is 0.352 e. The average Bonchev–Trinajstić information content (AvgIpc) is 2.78. The molecule has 0 saturated carbocycles. The molecule has 0 amide bonds. The number of aryl methyl sites for hydroxylation is 1. The molecule has 1 N–H and O–H groups in total. The fourth-order valence-corrected chi connectivity index (χ4v) is 2.82. The van der Waals surface area contributed by atoms with Gasteiger partial charge in [0.2, 0.25) is 0 Å². The molecular weight excluding hydrogens is 287 g/mol. The van der Waals surface area contributed by atoms with Crippen LogP contribution in [0.3, 0.4) is 0 Å². The summed E-state index contributed by atoms with van der Waals surface area (Å²) in [6.07, 6.45) is 0.368. The summed E-state index contributed by atoms with van der Waals surface area (Å²) in [7, 11) is 0. The third kappa shape index (κ3) is 2.62. The predicted octanol–water partition coefficient (Wildman–Crippen LogP) is 5.17. The maximum atomic E-state index is 8.76. The van der Waals surface area contributed by atoms with Crippen molar-refractivity contribution in [1.29, 1.82) is 5.26 Å². The van der Waals surface area contributed by atoms with Crippen molar-refractivity contribution in [3.63, 3.8) is 0 Å². The molecular formula is C13H10Cl2N2S. The third-order valence-corrected chi connectivity index (χ3v) is 4.15. The van der Waals surface area contributed by atoms with Crippen molar-refractivity contribution in [1.82, 2.24) is 0 Å². The Kier molecular flexibility index (Phi) is 4.13. The molecule has 2 nitrogen and oxygen atoms in total. The zero-order chi connectivity index (χ0) is 13.1. The van der Waals surface area contributed by atoms with Gasteiger partial charge >= 0.3 is 0 Å². The van der Waals surface area contributed by atoms with Gasteiger partial charge in [-0.2, -0.15) is 5.26 Å². The minimum absolute atomic E-state index is 0.368. The van der Waals surface area contributed by atoms with E-state index in [0.29, 0.717) is 22.2 Å². The normalized spacial score (nSPS) is 10.1. The summed E-state index contributed by atoms with van der Waals surface area (Å²) >= 11 is 13.9. The van der Waals surface area contributed by atoms with Crippen LogP contribution in [0.25, 0.3) is 0 Å². The number of rotatable bonds is 3. The minimum atomic E-state index is 0.368. The van der Waals surface area contributed by atoms with E-state index in [1.807, 2.05) is 23.8 Å². The molecule has 5 heteroatoms. The van der Waals surface area contributed by atoms with Gasteiger partial charge in [0.25, 0.3) is 0 Å². The lowest BCUT2D eigenvalue weighted by Crippen LogP contribution is -1.95. The van der Waals surface area contributed by atoms with Crippen LogP contribution >= 0.6 is 34.5 Å². The van der Waals surface area contributed by atoms with Gasteiger partial charge < -0.3 is 5.32 Å². The quantitative estimate of drug-likeness (QED) is 0.848. The maximum absolute atomic E-state index is 8.76. The molecule has 1 aromatic heterocycles. The van der Waals surface area contributed by atoms with Crippen molar-refractivity contribution in [2.45, 2.75) is 13.3 Å². The first-order chi connectivity index (χ1) is 8.63. The first kappa shape index (κ1) is 13.2. The Bertz CT molecular complexity index is 614. The van der Waals surface area contributed by atoms with E-state index < -0.39 is 0 Å². The van der Waals surface area contributed by atoms with Crippen LogP contribution in [0.1, 0.15) is 11.1 Å². The molecule has 2 aromatic rings. The van der Waals surface area contributed by atoms with E-state index in [9.17, 15) is 0 Å². The topological polar surface area (TPSA) is 35.8 Å². The lowest BCUT2D eigenvalue weighted by atomic mass is 10.2. The highest BCUT2D eigenvalue weighted by atomic mass is 35.5. The fraction of sp³-hybridized carbons (Fsp3) is 0.154. The van der Waals surface area contributed by atoms with E-state index in [4.69, 9.17) is 28.5 Å². The standard InChI is InChI=1S/C13H10Cl2N2S/c1-8-2-3-10(14)13(12(8)15)17-11-7-18-6-9(11)4-5-16/h2-3,6-7,17H,4H2,1H3. The summed E-state index contributed by atoms with van der Waals surface area (Å²) in [5.74, 6) is 0. The number of hydrogen-bond acceptors (Lipinski definition) is 3. The lowest BCUT2D eigenvalue weighted by Gasteiger charge is -2.12. The molecule has 0 fully saturated rings. The predicted molar refractivity (Wildman–Crippen MR) is 78.1 cm³/mol. The summed E-state index contributed by atoms with van der Waals surface area (Å²) in [6.45, 7) is 1.92. The Hall–Kier alpha value is -1.21. The molecule has 2 rings (SSSR count). The van der Waals surface area contributed by atoms with Gasteiger partial charge in [-0.15, -0.1) is 11.3 Å². The van der Waals surface area contributed by atoms with Gasteiger partial charge in [0, 0.05) is 10.9 Å². The summed E-state index contributed by atoms with van der Waals surface area (Å²) in [6, 6.07) is 5.82. The van der Waals surface area contributed by atoms with Gasteiger partial charge in [-0.3, -0.25) is 0 Å². The van der Waals surface area contributed by atoms with E-state index in [1.165, 1.54) is 0 Å². The number of benzene rings is 1. The number of halogens is 2. The Morgan fingerprint density at radius 1 is 1.33 bits per heavy atom. The third-order valence-electron chi connectivity index (χ3n) is 2.56.